The number of para-hydroxylation sites is 3. The minimum Gasteiger partial charge on any atom is -0.488 e. The number of nitrogens with zero attached hydrogens (tertiary/aromatic N) is 3. The van der Waals surface area contributed by atoms with Crippen molar-refractivity contribution >= 4 is 29.1 Å². The Balaban J connectivity index is 1.35. The van der Waals surface area contributed by atoms with E-state index in [1.54, 1.807) is 29.2 Å². The fraction of sp³-hybridized carbons (Fsp3) is 0.120. The van der Waals surface area contributed by atoms with E-state index in [0.29, 0.717) is 17.9 Å². The van der Waals surface area contributed by atoms with E-state index in [-0.39, 0.29) is 18.4 Å². The molecular formula is C25H22N4O4. The minimum atomic E-state index is -0.382. The molecule has 0 spiro atoms. The fourth-order valence-electron chi connectivity index (χ4n) is 3.23. The number of methoxy groups -OCH3 is 1. The van der Waals surface area contributed by atoms with Crippen LogP contribution in [0.1, 0.15) is 21.5 Å². The van der Waals surface area contributed by atoms with Gasteiger partial charge in [-0.25, -0.2) is 15.2 Å². The highest BCUT2D eigenvalue weighted by Crippen LogP contribution is 2.18. The van der Waals surface area contributed by atoms with Gasteiger partial charge in [-0.15, -0.1) is 0 Å². The number of nitrogens with one attached hydrogen (secondary N) is 1. The number of imidazole rings is 1. The molecule has 0 fully saturated rings. The molecule has 33 heavy (non-hydrogen) atoms. The van der Waals surface area contributed by atoms with Crippen molar-refractivity contribution in [2.75, 3.05) is 7.11 Å². The van der Waals surface area contributed by atoms with Gasteiger partial charge in [0, 0.05) is 5.56 Å². The number of rotatable bonds is 8. The van der Waals surface area contributed by atoms with E-state index in [9.17, 15) is 9.59 Å². The standard InChI is InChI=1S/C25H22N4O4/c1-32-25(31)19-12-10-18(11-13-19)16-33-23-9-5-2-6-20(23)14-27-28-24(30)15-29-17-26-21-7-3-4-8-22(21)29/h2-14,17H,15-16H2,1H3,(H,28,30)/b27-14+. The van der Waals surface area contributed by atoms with Crippen LogP contribution < -0.4 is 10.2 Å². The van der Waals surface area contributed by atoms with Crippen molar-refractivity contribution in [3.05, 3.63) is 95.8 Å². The van der Waals surface area contributed by atoms with Gasteiger partial charge in [-0.2, -0.15) is 5.10 Å². The monoisotopic (exact) mass is 442 g/mol. The minimum absolute atomic E-state index is 0.109. The molecule has 1 heterocycles. The SMILES string of the molecule is COC(=O)c1ccc(COc2ccccc2/C=N/NC(=O)Cn2cnc3ccccc32)cc1. The third-order valence-electron chi connectivity index (χ3n) is 4.92. The number of esters is 1. The maximum Gasteiger partial charge on any atom is 0.337 e. The summed E-state index contributed by atoms with van der Waals surface area (Å²) in [4.78, 5) is 28.1. The second-order valence-electron chi connectivity index (χ2n) is 7.17. The second-order valence-corrected chi connectivity index (χ2v) is 7.17. The molecule has 3 aromatic carbocycles. The van der Waals surface area contributed by atoms with Crippen molar-refractivity contribution in [2.24, 2.45) is 5.10 Å². The molecule has 0 atom stereocenters. The highest BCUT2D eigenvalue weighted by molar-refractivity contribution is 5.89. The Bertz CT molecular complexity index is 1300. The van der Waals surface area contributed by atoms with Crippen LogP contribution in [0.15, 0.2) is 84.2 Å². The van der Waals surface area contributed by atoms with Gasteiger partial charge in [-0.05, 0) is 42.0 Å². The number of hydrazone groups is 1. The molecule has 8 heteroatoms. The summed E-state index contributed by atoms with van der Waals surface area (Å²) in [5.41, 5.74) is 6.36. The Morgan fingerprint density at radius 1 is 1.03 bits per heavy atom. The molecule has 1 N–H and O–H groups in total. The quantitative estimate of drug-likeness (QED) is 0.256. The summed E-state index contributed by atoms with van der Waals surface area (Å²) in [6.07, 6.45) is 3.18. The third-order valence-corrected chi connectivity index (χ3v) is 4.92. The molecule has 1 amide bonds. The number of ether oxygens (including phenoxy) is 2. The van der Waals surface area contributed by atoms with Gasteiger partial charge in [0.05, 0.1) is 36.2 Å². The Hall–Kier alpha value is -4.46. The zero-order chi connectivity index (χ0) is 23.0. The number of benzene rings is 3. The van der Waals surface area contributed by atoms with Crippen molar-refractivity contribution in [1.82, 2.24) is 15.0 Å². The maximum atomic E-state index is 12.3. The van der Waals surface area contributed by atoms with E-state index in [0.717, 1.165) is 22.2 Å². The molecule has 0 unspecified atom stereocenters. The van der Waals surface area contributed by atoms with Crippen molar-refractivity contribution < 1.29 is 19.1 Å². The van der Waals surface area contributed by atoms with Gasteiger partial charge < -0.3 is 14.0 Å². The van der Waals surface area contributed by atoms with Crippen molar-refractivity contribution in [1.29, 1.82) is 0 Å². The van der Waals surface area contributed by atoms with E-state index in [1.807, 2.05) is 60.7 Å². The van der Waals surface area contributed by atoms with Crippen LogP contribution in [0.4, 0.5) is 0 Å². The molecule has 0 bridgehead atoms. The zero-order valence-electron chi connectivity index (χ0n) is 18.0. The molecule has 0 saturated carbocycles. The van der Waals surface area contributed by atoms with Gasteiger partial charge in [-0.1, -0.05) is 36.4 Å². The molecular weight excluding hydrogens is 420 g/mol. The van der Waals surface area contributed by atoms with Crippen LogP contribution in [-0.2, 0) is 22.7 Å². The largest absolute Gasteiger partial charge is 0.488 e. The zero-order valence-corrected chi connectivity index (χ0v) is 18.0. The molecule has 0 radical (unpaired) electrons. The van der Waals surface area contributed by atoms with Gasteiger partial charge in [-0.3, -0.25) is 4.79 Å². The van der Waals surface area contributed by atoms with Crippen LogP contribution in [-0.4, -0.2) is 34.8 Å². The first kappa shape index (κ1) is 21.8. The Kier molecular flexibility index (Phi) is 6.75. The molecule has 0 aliphatic heterocycles. The molecule has 0 aliphatic rings. The van der Waals surface area contributed by atoms with Crippen LogP contribution in [0.3, 0.4) is 0 Å². The first-order chi connectivity index (χ1) is 16.1. The maximum absolute atomic E-state index is 12.3. The number of aromatic nitrogens is 2. The van der Waals surface area contributed by atoms with Gasteiger partial charge in [0.25, 0.3) is 5.91 Å². The lowest BCUT2D eigenvalue weighted by atomic mass is 10.1. The van der Waals surface area contributed by atoms with Crippen molar-refractivity contribution in [3.8, 4) is 5.75 Å². The summed E-state index contributed by atoms with van der Waals surface area (Å²) in [6.45, 7) is 0.421. The second kappa shape index (κ2) is 10.2. The average Bonchev–Trinajstić information content (AvgIpc) is 3.26. The summed E-state index contributed by atoms with van der Waals surface area (Å²) in [7, 11) is 1.35. The van der Waals surface area contributed by atoms with Crippen molar-refractivity contribution in [3.63, 3.8) is 0 Å². The van der Waals surface area contributed by atoms with Gasteiger partial charge >= 0.3 is 5.97 Å². The number of carbonyl (C=O) groups is 2. The number of fused-ring (bicyclic) bond motifs is 1. The highest BCUT2D eigenvalue weighted by atomic mass is 16.5. The molecule has 1 aromatic heterocycles. The summed E-state index contributed by atoms with van der Waals surface area (Å²) >= 11 is 0. The predicted molar refractivity (Wildman–Crippen MR) is 124 cm³/mol. The molecule has 0 aliphatic carbocycles. The van der Waals surface area contributed by atoms with Crippen LogP contribution in [0.2, 0.25) is 0 Å². The van der Waals surface area contributed by atoms with Gasteiger partial charge in [0.2, 0.25) is 0 Å². The third kappa shape index (κ3) is 5.43. The van der Waals surface area contributed by atoms with E-state index in [2.05, 4.69) is 15.5 Å². The van der Waals surface area contributed by atoms with E-state index >= 15 is 0 Å². The van der Waals surface area contributed by atoms with E-state index in [4.69, 9.17) is 9.47 Å². The molecule has 166 valence electrons. The summed E-state index contributed by atoms with van der Waals surface area (Å²) in [6, 6.07) is 22.0. The van der Waals surface area contributed by atoms with Crippen LogP contribution >= 0.6 is 0 Å². The first-order valence-electron chi connectivity index (χ1n) is 10.2. The summed E-state index contributed by atoms with van der Waals surface area (Å²) < 4.78 is 12.4. The Labute approximate surface area is 190 Å². The van der Waals surface area contributed by atoms with Crippen LogP contribution in [0.25, 0.3) is 11.0 Å². The summed E-state index contributed by atoms with van der Waals surface area (Å²) in [5.74, 6) is -0.0288. The van der Waals surface area contributed by atoms with Crippen molar-refractivity contribution in [2.45, 2.75) is 13.2 Å². The lowest BCUT2D eigenvalue weighted by molar-refractivity contribution is -0.121. The van der Waals surface area contributed by atoms with Crippen LogP contribution in [0, 0.1) is 0 Å². The predicted octanol–water partition coefficient (Wildman–Crippen LogP) is 3.55. The van der Waals surface area contributed by atoms with Gasteiger partial charge in [0.1, 0.15) is 18.9 Å². The molecule has 4 aromatic rings. The average molecular weight is 442 g/mol. The first-order valence-corrected chi connectivity index (χ1v) is 10.2. The van der Waals surface area contributed by atoms with Crippen LogP contribution in [0.5, 0.6) is 5.75 Å². The van der Waals surface area contributed by atoms with E-state index < -0.39 is 0 Å². The number of carbonyl (C=O) groups excluding carboxylic acids is 2. The highest BCUT2D eigenvalue weighted by Gasteiger charge is 2.07. The van der Waals surface area contributed by atoms with E-state index in [1.165, 1.54) is 7.11 Å². The normalized spacial score (nSPS) is 10.9. The smallest absolute Gasteiger partial charge is 0.337 e. The number of amides is 1. The number of hydrogen-bond acceptors (Lipinski definition) is 6. The molecule has 8 nitrogen and oxygen atoms in total. The molecule has 0 saturated heterocycles. The number of hydrogen-bond donors (Lipinski definition) is 1. The lowest BCUT2D eigenvalue weighted by Crippen LogP contribution is -2.22. The Morgan fingerprint density at radius 3 is 2.61 bits per heavy atom. The topological polar surface area (TPSA) is 94.8 Å². The molecule has 4 rings (SSSR count). The lowest BCUT2D eigenvalue weighted by Gasteiger charge is -2.09. The van der Waals surface area contributed by atoms with Gasteiger partial charge in [0.15, 0.2) is 0 Å². The Morgan fingerprint density at radius 2 is 1.79 bits per heavy atom. The summed E-state index contributed by atoms with van der Waals surface area (Å²) in [5, 5.41) is 4.07. The fourth-order valence-corrected chi connectivity index (χ4v) is 3.23.